The summed E-state index contributed by atoms with van der Waals surface area (Å²) in [6, 6.07) is 0.781. The van der Waals surface area contributed by atoms with E-state index in [9.17, 15) is 0 Å². The van der Waals surface area contributed by atoms with Gasteiger partial charge in [0.2, 0.25) is 0 Å². The minimum atomic E-state index is 0.354. The molecule has 0 amide bonds. The summed E-state index contributed by atoms with van der Waals surface area (Å²) in [7, 11) is 0. The molecular formula is C15H26ClNO. The molecule has 1 saturated heterocycles. The Morgan fingerprint density at radius 3 is 2.83 bits per heavy atom. The molecule has 104 valence electrons. The van der Waals surface area contributed by atoms with Gasteiger partial charge in [0.25, 0.3) is 0 Å². The van der Waals surface area contributed by atoms with E-state index in [1.165, 1.54) is 45.1 Å². The van der Waals surface area contributed by atoms with Crippen molar-refractivity contribution in [3.63, 3.8) is 0 Å². The maximum Gasteiger partial charge on any atom is 0.0996 e. The SMILES string of the molecule is CC1CCCC(N2COC3CC(Cl)CCC3C2)C1. The van der Waals surface area contributed by atoms with Crippen LogP contribution in [0.1, 0.15) is 51.9 Å². The molecule has 0 spiro atoms. The first-order chi connectivity index (χ1) is 8.72. The summed E-state index contributed by atoms with van der Waals surface area (Å²) in [6.07, 6.45) is 9.53. The predicted molar refractivity (Wildman–Crippen MR) is 74.8 cm³/mol. The van der Waals surface area contributed by atoms with E-state index in [1.54, 1.807) is 0 Å². The molecule has 0 aromatic heterocycles. The number of hydrogen-bond donors (Lipinski definition) is 0. The quantitative estimate of drug-likeness (QED) is 0.676. The average Bonchev–Trinajstić information content (AvgIpc) is 2.38. The third-order valence-electron chi connectivity index (χ3n) is 5.21. The van der Waals surface area contributed by atoms with Gasteiger partial charge in [0, 0.05) is 18.0 Å². The number of halogens is 1. The normalized spacial score (nSPS) is 46.7. The van der Waals surface area contributed by atoms with Crippen molar-refractivity contribution in [3.8, 4) is 0 Å². The molecule has 3 fully saturated rings. The van der Waals surface area contributed by atoms with Gasteiger partial charge in [0.1, 0.15) is 0 Å². The molecule has 18 heavy (non-hydrogen) atoms. The molecule has 5 unspecified atom stereocenters. The molecule has 2 aliphatic carbocycles. The highest BCUT2D eigenvalue weighted by molar-refractivity contribution is 6.20. The average molecular weight is 272 g/mol. The Kier molecular flexibility index (Phi) is 4.17. The van der Waals surface area contributed by atoms with Crippen LogP contribution >= 0.6 is 11.6 Å². The zero-order valence-corrected chi connectivity index (χ0v) is 12.2. The van der Waals surface area contributed by atoms with Gasteiger partial charge in [-0.05, 0) is 43.9 Å². The third kappa shape index (κ3) is 2.86. The highest BCUT2D eigenvalue weighted by Gasteiger charge is 2.37. The largest absolute Gasteiger partial charge is 0.362 e. The Labute approximate surface area is 116 Å². The van der Waals surface area contributed by atoms with E-state index in [0.717, 1.165) is 31.0 Å². The second-order valence-electron chi connectivity index (χ2n) is 6.70. The molecule has 0 radical (unpaired) electrons. The standard InChI is InChI=1S/C15H26ClNO/c1-11-3-2-4-14(7-11)17-9-12-5-6-13(16)8-15(12)18-10-17/h11-15H,2-10H2,1H3. The maximum absolute atomic E-state index is 6.25. The van der Waals surface area contributed by atoms with E-state index in [-0.39, 0.29) is 0 Å². The molecule has 0 N–H and O–H groups in total. The van der Waals surface area contributed by atoms with E-state index in [0.29, 0.717) is 11.5 Å². The Balaban J connectivity index is 1.57. The van der Waals surface area contributed by atoms with Crippen molar-refractivity contribution in [2.75, 3.05) is 13.3 Å². The van der Waals surface area contributed by atoms with E-state index in [1.807, 2.05) is 0 Å². The topological polar surface area (TPSA) is 12.5 Å². The molecule has 1 aliphatic heterocycles. The second-order valence-corrected chi connectivity index (χ2v) is 7.32. The van der Waals surface area contributed by atoms with Crippen LogP contribution in [-0.4, -0.2) is 35.7 Å². The van der Waals surface area contributed by atoms with E-state index >= 15 is 0 Å². The van der Waals surface area contributed by atoms with Crippen LogP contribution in [0.3, 0.4) is 0 Å². The lowest BCUT2D eigenvalue weighted by Gasteiger charge is -2.46. The third-order valence-corrected chi connectivity index (χ3v) is 5.61. The first-order valence-electron chi connectivity index (χ1n) is 7.72. The van der Waals surface area contributed by atoms with Gasteiger partial charge >= 0.3 is 0 Å². The fourth-order valence-corrected chi connectivity index (χ4v) is 4.39. The Morgan fingerprint density at radius 1 is 1.11 bits per heavy atom. The van der Waals surface area contributed by atoms with E-state index in [2.05, 4.69) is 11.8 Å². The second kappa shape index (κ2) is 5.68. The summed E-state index contributed by atoms with van der Waals surface area (Å²) in [5, 5.41) is 0.354. The molecule has 3 heteroatoms. The van der Waals surface area contributed by atoms with Crippen LogP contribution < -0.4 is 0 Å². The lowest BCUT2D eigenvalue weighted by molar-refractivity contribution is -0.134. The molecule has 3 aliphatic rings. The molecule has 5 atom stereocenters. The summed E-state index contributed by atoms with van der Waals surface area (Å²) in [6.45, 7) is 4.51. The minimum Gasteiger partial charge on any atom is -0.362 e. The molecule has 2 nitrogen and oxygen atoms in total. The Morgan fingerprint density at radius 2 is 2.00 bits per heavy atom. The van der Waals surface area contributed by atoms with Crippen LogP contribution in [0.2, 0.25) is 0 Å². The van der Waals surface area contributed by atoms with Crippen molar-refractivity contribution in [1.82, 2.24) is 4.90 Å². The lowest BCUT2D eigenvalue weighted by Crippen LogP contribution is -2.52. The van der Waals surface area contributed by atoms with Gasteiger partial charge in [-0.2, -0.15) is 0 Å². The summed E-state index contributed by atoms with van der Waals surface area (Å²) in [4.78, 5) is 2.62. The fraction of sp³-hybridized carbons (Fsp3) is 1.00. The smallest absolute Gasteiger partial charge is 0.0996 e. The van der Waals surface area contributed by atoms with Gasteiger partial charge in [0.15, 0.2) is 0 Å². The van der Waals surface area contributed by atoms with Crippen molar-refractivity contribution in [2.45, 2.75) is 69.4 Å². The van der Waals surface area contributed by atoms with Crippen molar-refractivity contribution < 1.29 is 4.74 Å². The molecule has 2 saturated carbocycles. The maximum atomic E-state index is 6.25. The first-order valence-corrected chi connectivity index (χ1v) is 8.15. The lowest BCUT2D eigenvalue weighted by atomic mass is 9.82. The van der Waals surface area contributed by atoms with Gasteiger partial charge < -0.3 is 4.74 Å². The van der Waals surface area contributed by atoms with Gasteiger partial charge in [-0.3, -0.25) is 4.90 Å². The van der Waals surface area contributed by atoms with Crippen LogP contribution in [0.5, 0.6) is 0 Å². The highest BCUT2D eigenvalue weighted by atomic mass is 35.5. The molecule has 0 bridgehead atoms. The zero-order valence-electron chi connectivity index (χ0n) is 11.5. The number of alkyl halides is 1. The van der Waals surface area contributed by atoms with Gasteiger partial charge in [-0.1, -0.05) is 19.8 Å². The van der Waals surface area contributed by atoms with Crippen molar-refractivity contribution >= 4 is 11.6 Å². The molecule has 0 aromatic rings. The number of hydrogen-bond acceptors (Lipinski definition) is 2. The van der Waals surface area contributed by atoms with Crippen LogP contribution in [0.25, 0.3) is 0 Å². The molecule has 1 heterocycles. The number of rotatable bonds is 1. The molecule has 0 aromatic carbocycles. The molecular weight excluding hydrogens is 246 g/mol. The minimum absolute atomic E-state index is 0.354. The van der Waals surface area contributed by atoms with Crippen molar-refractivity contribution in [1.29, 1.82) is 0 Å². The van der Waals surface area contributed by atoms with Crippen LogP contribution in [-0.2, 0) is 4.74 Å². The summed E-state index contributed by atoms with van der Waals surface area (Å²) in [5.74, 6) is 1.64. The molecule has 3 rings (SSSR count). The number of nitrogens with zero attached hydrogens (tertiary/aromatic N) is 1. The van der Waals surface area contributed by atoms with Crippen molar-refractivity contribution in [3.05, 3.63) is 0 Å². The number of ether oxygens (including phenoxy) is 1. The zero-order chi connectivity index (χ0) is 12.5. The fourth-order valence-electron chi connectivity index (χ4n) is 4.09. The van der Waals surface area contributed by atoms with Crippen LogP contribution in [0.4, 0.5) is 0 Å². The van der Waals surface area contributed by atoms with Gasteiger partial charge in [-0.15, -0.1) is 11.6 Å². The Hall–Kier alpha value is 0.210. The van der Waals surface area contributed by atoms with E-state index in [4.69, 9.17) is 16.3 Å². The predicted octanol–water partition coefficient (Wildman–Crippen LogP) is 3.63. The Bertz CT molecular complexity index is 286. The van der Waals surface area contributed by atoms with Crippen LogP contribution in [0.15, 0.2) is 0 Å². The van der Waals surface area contributed by atoms with E-state index < -0.39 is 0 Å². The first kappa shape index (κ1) is 13.2. The number of fused-ring (bicyclic) bond motifs is 1. The summed E-state index contributed by atoms with van der Waals surface area (Å²) in [5.41, 5.74) is 0. The van der Waals surface area contributed by atoms with Gasteiger partial charge in [0.05, 0.1) is 12.8 Å². The summed E-state index contributed by atoms with van der Waals surface area (Å²) >= 11 is 6.25. The van der Waals surface area contributed by atoms with Crippen LogP contribution in [0, 0.1) is 11.8 Å². The summed E-state index contributed by atoms with van der Waals surface area (Å²) < 4.78 is 6.09. The van der Waals surface area contributed by atoms with Crippen molar-refractivity contribution in [2.24, 2.45) is 11.8 Å². The van der Waals surface area contributed by atoms with Gasteiger partial charge in [-0.25, -0.2) is 0 Å². The monoisotopic (exact) mass is 271 g/mol. The highest BCUT2D eigenvalue weighted by Crippen LogP contribution is 2.36.